The predicted molar refractivity (Wildman–Crippen MR) is 73.6 cm³/mol. The van der Waals surface area contributed by atoms with Gasteiger partial charge < -0.3 is 14.4 Å². The summed E-state index contributed by atoms with van der Waals surface area (Å²) in [5.74, 6) is 0.735. The smallest absolute Gasteiger partial charge is 0.410 e. The standard InChI is InChI=1S/C14H18ClNO3/c1-14(2,3)19-13(17)16-6-7-18-12-8-11(15)5-4-10(12)9-16/h4-5,8H,6-7,9H2,1-3H3. The molecule has 1 amide bonds. The molecule has 2 rings (SSSR count). The van der Waals surface area contributed by atoms with Gasteiger partial charge in [0.1, 0.15) is 18.0 Å². The van der Waals surface area contributed by atoms with E-state index in [0.29, 0.717) is 24.7 Å². The van der Waals surface area contributed by atoms with Crippen molar-refractivity contribution in [2.75, 3.05) is 13.2 Å². The van der Waals surface area contributed by atoms with Gasteiger partial charge in [0.2, 0.25) is 0 Å². The molecule has 1 aliphatic rings. The molecule has 0 aliphatic carbocycles. The molecule has 0 saturated heterocycles. The van der Waals surface area contributed by atoms with Crippen molar-refractivity contribution in [3.05, 3.63) is 28.8 Å². The van der Waals surface area contributed by atoms with E-state index >= 15 is 0 Å². The molecular formula is C14H18ClNO3. The van der Waals surface area contributed by atoms with Crippen LogP contribution < -0.4 is 4.74 Å². The highest BCUT2D eigenvalue weighted by molar-refractivity contribution is 6.30. The zero-order valence-corrected chi connectivity index (χ0v) is 12.2. The summed E-state index contributed by atoms with van der Waals surface area (Å²) in [6.07, 6.45) is -0.320. The van der Waals surface area contributed by atoms with Gasteiger partial charge in [-0.3, -0.25) is 0 Å². The Bertz CT molecular complexity index is 482. The third-order valence-electron chi connectivity index (χ3n) is 2.66. The molecule has 0 spiro atoms. The first kappa shape index (κ1) is 14.0. The first-order chi connectivity index (χ1) is 8.85. The number of nitrogens with zero attached hydrogens (tertiary/aromatic N) is 1. The molecule has 1 heterocycles. The van der Waals surface area contributed by atoms with Gasteiger partial charge in [-0.1, -0.05) is 17.7 Å². The Morgan fingerprint density at radius 1 is 1.42 bits per heavy atom. The summed E-state index contributed by atoms with van der Waals surface area (Å²) in [5, 5.41) is 0.629. The van der Waals surface area contributed by atoms with Crippen LogP contribution in [0.25, 0.3) is 0 Å². The lowest BCUT2D eigenvalue weighted by Crippen LogP contribution is -2.37. The molecule has 5 heteroatoms. The van der Waals surface area contributed by atoms with Gasteiger partial charge in [0, 0.05) is 10.6 Å². The van der Waals surface area contributed by atoms with Crippen LogP contribution in [-0.4, -0.2) is 29.7 Å². The van der Waals surface area contributed by atoms with E-state index < -0.39 is 5.60 Å². The number of carbonyl (C=O) groups excluding carboxylic acids is 1. The van der Waals surface area contributed by atoms with Crippen molar-refractivity contribution in [1.29, 1.82) is 0 Å². The first-order valence-corrected chi connectivity index (χ1v) is 6.62. The third-order valence-corrected chi connectivity index (χ3v) is 2.90. The summed E-state index contributed by atoms with van der Waals surface area (Å²) in [7, 11) is 0. The Hall–Kier alpha value is -1.42. The maximum Gasteiger partial charge on any atom is 0.410 e. The van der Waals surface area contributed by atoms with E-state index in [2.05, 4.69) is 0 Å². The molecular weight excluding hydrogens is 266 g/mol. The molecule has 0 bridgehead atoms. The van der Waals surface area contributed by atoms with Gasteiger partial charge in [0.25, 0.3) is 0 Å². The normalized spacial score (nSPS) is 15.3. The van der Waals surface area contributed by atoms with Crippen LogP contribution in [0.4, 0.5) is 4.79 Å². The second kappa shape index (κ2) is 5.29. The van der Waals surface area contributed by atoms with Crippen molar-refractivity contribution in [3.63, 3.8) is 0 Å². The number of hydrogen-bond donors (Lipinski definition) is 0. The molecule has 19 heavy (non-hydrogen) atoms. The summed E-state index contributed by atoms with van der Waals surface area (Å²) in [4.78, 5) is 13.7. The molecule has 0 aromatic heterocycles. The van der Waals surface area contributed by atoms with Gasteiger partial charge in [-0.05, 0) is 32.9 Å². The molecule has 0 radical (unpaired) electrons. The van der Waals surface area contributed by atoms with Crippen molar-refractivity contribution in [3.8, 4) is 5.75 Å². The quantitative estimate of drug-likeness (QED) is 0.732. The lowest BCUT2D eigenvalue weighted by atomic mass is 10.2. The fourth-order valence-corrected chi connectivity index (χ4v) is 1.99. The summed E-state index contributed by atoms with van der Waals surface area (Å²) < 4.78 is 11.0. The van der Waals surface area contributed by atoms with Gasteiger partial charge in [-0.15, -0.1) is 0 Å². The van der Waals surface area contributed by atoms with E-state index in [0.717, 1.165) is 11.3 Å². The lowest BCUT2D eigenvalue weighted by molar-refractivity contribution is 0.0225. The zero-order chi connectivity index (χ0) is 14.0. The van der Waals surface area contributed by atoms with E-state index in [1.807, 2.05) is 26.8 Å². The summed E-state index contributed by atoms with van der Waals surface area (Å²) in [6, 6.07) is 5.44. The van der Waals surface area contributed by atoms with Crippen molar-refractivity contribution in [2.24, 2.45) is 0 Å². The molecule has 104 valence electrons. The molecule has 1 aromatic carbocycles. The average molecular weight is 284 g/mol. The maximum absolute atomic E-state index is 12.1. The first-order valence-electron chi connectivity index (χ1n) is 6.24. The SMILES string of the molecule is CC(C)(C)OC(=O)N1CCOc2cc(Cl)ccc2C1. The van der Waals surface area contributed by atoms with Gasteiger partial charge in [0.05, 0.1) is 13.1 Å². The Kier molecular flexibility index (Phi) is 3.90. The van der Waals surface area contributed by atoms with Crippen LogP contribution in [0.1, 0.15) is 26.3 Å². The number of halogens is 1. The van der Waals surface area contributed by atoms with Crippen LogP contribution in [0.3, 0.4) is 0 Å². The fourth-order valence-electron chi connectivity index (χ4n) is 1.83. The van der Waals surface area contributed by atoms with Gasteiger partial charge >= 0.3 is 6.09 Å². The molecule has 0 atom stereocenters. The van der Waals surface area contributed by atoms with Crippen molar-refractivity contribution in [2.45, 2.75) is 32.9 Å². The summed E-state index contributed by atoms with van der Waals surface area (Å²) >= 11 is 5.93. The van der Waals surface area contributed by atoms with Gasteiger partial charge in [-0.2, -0.15) is 0 Å². The van der Waals surface area contributed by atoms with Crippen LogP contribution in [0.5, 0.6) is 5.75 Å². The number of carbonyl (C=O) groups is 1. The minimum absolute atomic E-state index is 0.320. The topological polar surface area (TPSA) is 38.8 Å². The number of hydrogen-bond acceptors (Lipinski definition) is 3. The molecule has 1 aliphatic heterocycles. The van der Waals surface area contributed by atoms with Crippen molar-refractivity contribution >= 4 is 17.7 Å². The minimum Gasteiger partial charge on any atom is -0.491 e. The van der Waals surface area contributed by atoms with Crippen LogP contribution in [-0.2, 0) is 11.3 Å². The number of fused-ring (bicyclic) bond motifs is 1. The van der Waals surface area contributed by atoms with Crippen molar-refractivity contribution in [1.82, 2.24) is 4.90 Å². The van der Waals surface area contributed by atoms with Crippen molar-refractivity contribution < 1.29 is 14.3 Å². The van der Waals surface area contributed by atoms with Crippen LogP contribution in [0.15, 0.2) is 18.2 Å². The number of ether oxygens (including phenoxy) is 2. The predicted octanol–water partition coefficient (Wildman–Crippen LogP) is 3.47. The minimum atomic E-state index is -0.493. The van der Waals surface area contributed by atoms with E-state index in [1.165, 1.54) is 0 Å². The highest BCUT2D eigenvalue weighted by Gasteiger charge is 2.25. The molecule has 0 fully saturated rings. The summed E-state index contributed by atoms with van der Waals surface area (Å²) in [5.41, 5.74) is 0.445. The molecule has 4 nitrogen and oxygen atoms in total. The van der Waals surface area contributed by atoms with E-state index in [-0.39, 0.29) is 6.09 Å². The Morgan fingerprint density at radius 2 is 2.16 bits per heavy atom. The van der Waals surface area contributed by atoms with E-state index in [1.54, 1.807) is 17.0 Å². The lowest BCUT2D eigenvalue weighted by Gasteiger charge is -2.26. The summed E-state index contributed by atoms with van der Waals surface area (Å²) in [6.45, 7) is 6.97. The second-order valence-electron chi connectivity index (χ2n) is 5.50. The van der Waals surface area contributed by atoms with Crippen LogP contribution in [0.2, 0.25) is 5.02 Å². The van der Waals surface area contributed by atoms with Crippen LogP contribution in [0, 0.1) is 0 Å². The Balaban J connectivity index is 2.13. The maximum atomic E-state index is 12.1. The second-order valence-corrected chi connectivity index (χ2v) is 5.94. The highest BCUT2D eigenvalue weighted by Crippen LogP contribution is 2.27. The molecule has 0 saturated carbocycles. The van der Waals surface area contributed by atoms with Crippen LogP contribution >= 0.6 is 11.6 Å². The van der Waals surface area contributed by atoms with Gasteiger partial charge in [0.15, 0.2) is 0 Å². The molecule has 0 N–H and O–H groups in total. The largest absolute Gasteiger partial charge is 0.491 e. The van der Waals surface area contributed by atoms with Gasteiger partial charge in [-0.25, -0.2) is 4.79 Å². The Labute approximate surface area is 118 Å². The number of rotatable bonds is 0. The van der Waals surface area contributed by atoms with E-state index in [4.69, 9.17) is 21.1 Å². The highest BCUT2D eigenvalue weighted by atomic mass is 35.5. The molecule has 0 unspecified atom stereocenters. The monoisotopic (exact) mass is 283 g/mol. The third kappa shape index (κ3) is 3.77. The van der Waals surface area contributed by atoms with E-state index in [9.17, 15) is 4.79 Å². The zero-order valence-electron chi connectivity index (χ0n) is 11.4. The average Bonchev–Trinajstić information content (AvgIpc) is 2.48. The molecule has 1 aromatic rings. The fraction of sp³-hybridized carbons (Fsp3) is 0.500. The Morgan fingerprint density at radius 3 is 2.84 bits per heavy atom. The number of benzene rings is 1. The number of amides is 1.